The molecule has 0 fully saturated rings. The Labute approximate surface area is 866 Å². The monoisotopic (exact) mass is 1860 g/mol. The summed E-state index contributed by atoms with van der Waals surface area (Å²) in [5, 5.41) is 0.0133. The number of nitrogens with zero attached hydrogens (tertiary/aromatic N) is 4. The van der Waals surface area contributed by atoms with Gasteiger partial charge >= 0.3 is 0 Å². The molecule has 4 heterocycles. The van der Waals surface area contributed by atoms with E-state index >= 15 is 0 Å². The van der Waals surface area contributed by atoms with Crippen LogP contribution in [0.3, 0.4) is 0 Å². The zero-order chi connectivity index (χ0) is 108. The van der Waals surface area contributed by atoms with E-state index in [-0.39, 0.29) is 91.0 Å². The van der Waals surface area contributed by atoms with Gasteiger partial charge in [0.25, 0.3) is 6.71 Å². The average Bonchev–Trinajstić information content (AvgIpc) is 1.50. The molecule has 5 heteroatoms. The number of aromatic nitrogens is 2. The first-order valence-corrected chi connectivity index (χ1v) is 50.0. The molecule has 0 N–H and O–H groups in total. The SMILES string of the molecule is [2H]c1c([2H])c([2H])c2c(c1[2H])c1c([2H])c([2H])c(-c3ccccc3)c([2H])c1n2-c1ccc2c(c1)N(c1ccccc1-c1ccc3c(c1)-c1ccccc1C31c3ccccc3-c3ccccc31)c1cc(-c3ccc4c(c3)-c3ccccc3C4(c3ccccc3)c3ccccc3)cc3c1B2c1ccc(-n2c4c([2H])c([2H])c([2H])c([2H])c4c4c([2H])c([2H])c(-c5ccccc5)c([2H])c42)cc1N3c1ccccc1-c1ccc2c(c1)-c1ccccc1C21c2ccccc2-c2ccccc21. The summed E-state index contributed by atoms with van der Waals surface area (Å²) in [5.74, 6) is 0. The van der Waals surface area contributed by atoms with Crippen molar-refractivity contribution < 1.29 is 19.2 Å². The first-order valence-electron chi connectivity index (χ1n) is 57.0. The summed E-state index contributed by atoms with van der Waals surface area (Å²) in [6, 6.07) is 151. The first-order chi connectivity index (χ1) is 78.3. The maximum absolute atomic E-state index is 10.8. The van der Waals surface area contributed by atoms with Crippen molar-refractivity contribution in [3.05, 3.63) is 594 Å². The number of hydrogen-bond donors (Lipinski definition) is 0. The Morgan fingerprint density at radius 2 is 0.486 bits per heavy atom. The van der Waals surface area contributed by atoms with Crippen molar-refractivity contribution in [2.45, 2.75) is 16.2 Å². The van der Waals surface area contributed by atoms with Gasteiger partial charge in [0.1, 0.15) is 0 Å². The lowest BCUT2D eigenvalue weighted by Crippen LogP contribution is -2.61. The molecule has 25 aromatic rings. The number of para-hydroxylation sites is 4. The van der Waals surface area contributed by atoms with Gasteiger partial charge in [-0.25, -0.2) is 0 Å². The van der Waals surface area contributed by atoms with Gasteiger partial charge in [0, 0.05) is 66.8 Å². The number of benzene rings is 23. The molecule has 4 nitrogen and oxygen atoms in total. The highest BCUT2D eigenvalue weighted by molar-refractivity contribution is 7.00. The molecule has 146 heavy (non-hydrogen) atoms. The van der Waals surface area contributed by atoms with Crippen molar-refractivity contribution in [1.29, 1.82) is 0 Å². The van der Waals surface area contributed by atoms with Crippen molar-refractivity contribution in [1.82, 2.24) is 9.13 Å². The molecule has 32 rings (SSSR count). The summed E-state index contributed by atoms with van der Waals surface area (Å²) in [7, 11) is 0. The smallest absolute Gasteiger partial charge is 0.252 e. The van der Waals surface area contributed by atoms with E-state index in [1.807, 2.05) is 72.8 Å². The van der Waals surface area contributed by atoms with E-state index in [9.17, 15) is 19.2 Å². The van der Waals surface area contributed by atoms with Crippen molar-refractivity contribution >= 4 is 101 Å². The quantitative estimate of drug-likeness (QED) is 0.120. The first kappa shape index (κ1) is 68.4. The third-order valence-electron chi connectivity index (χ3n) is 32.7. The maximum atomic E-state index is 10.8. The maximum Gasteiger partial charge on any atom is 0.252 e. The predicted molar refractivity (Wildman–Crippen MR) is 606 cm³/mol. The second-order valence-electron chi connectivity index (χ2n) is 39.4. The molecule has 23 aromatic carbocycles. The van der Waals surface area contributed by atoms with Crippen molar-refractivity contribution in [2.24, 2.45) is 0 Å². The van der Waals surface area contributed by atoms with Crippen LogP contribution < -0.4 is 26.2 Å². The predicted octanol–water partition coefficient (Wildman–Crippen LogP) is 33.3. The third-order valence-corrected chi connectivity index (χ3v) is 32.7. The number of anilines is 6. The highest BCUT2D eigenvalue weighted by Gasteiger charge is 2.55. The van der Waals surface area contributed by atoms with Gasteiger partial charge in [-0.05, 0) is 274 Å². The molecule has 0 unspecified atom stereocenters. The van der Waals surface area contributed by atoms with E-state index < -0.39 is 71.3 Å². The molecule has 0 saturated carbocycles. The molecule has 0 radical (unpaired) electrons. The van der Waals surface area contributed by atoms with Gasteiger partial charge in [-0.2, -0.15) is 0 Å². The fraction of sp³-hybridized carbons (Fsp3) is 0.0213. The topological polar surface area (TPSA) is 16.3 Å². The molecule has 0 amide bonds. The van der Waals surface area contributed by atoms with Crippen LogP contribution in [0.25, 0.3) is 166 Å². The number of hydrogen-bond acceptors (Lipinski definition) is 2. The van der Waals surface area contributed by atoms with Gasteiger partial charge in [0.15, 0.2) is 0 Å². The molecule has 0 bridgehead atoms. The summed E-state index contributed by atoms with van der Waals surface area (Å²) < 4.78 is 145. The van der Waals surface area contributed by atoms with Crippen LogP contribution in [-0.2, 0) is 16.2 Å². The van der Waals surface area contributed by atoms with E-state index in [1.165, 1.54) is 55.6 Å². The van der Waals surface area contributed by atoms with Gasteiger partial charge < -0.3 is 18.9 Å². The summed E-state index contributed by atoms with van der Waals surface area (Å²) in [5.41, 5.74) is 36.9. The van der Waals surface area contributed by atoms with Crippen LogP contribution in [0.15, 0.2) is 527 Å². The van der Waals surface area contributed by atoms with Crippen LogP contribution in [-0.4, -0.2) is 15.8 Å². The van der Waals surface area contributed by atoms with Gasteiger partial charge in [-0.15, -0.1) is 0 Å². The Kier molecular flexibility index (Phi) is 14.4. The van der Waals surface area contributed by atoms with Gasteiger partial charge in [0.2, 0.25) is 0 Å². The van der Waals surface area contributed by atoms with Gasteiger partial charge in [-0.3, -0.25) is 0 Å². The van der Waals surface area contributed by atoms with E-state index in [1.54, 1.807) is 9.13 Å². The molecule has 7 aliphatic rings. The fourth-order valence-electron chi connectivity index (χ4n) is 27.0. The second-order valence-corrected chi connectivity index (χ2v) is 39.4. The molecule has 674 valence electrons. The minimum absolute atomic E-state index is 0.00926. The van der Waals surface area contributed by atoms with E-state index in [0.29, 0.717) is 33.9 Å². The number of fused-ring (bicyclic) bond motifs is 33. The van der Waals surface area contributed by atoms with Crippen LogP contribution >= 0.6 is 0 Å². The Morgan fingerprint density at radius 1 is 0.185 bits per heavy atom. The highest BCUT2D eigenvalue weighted by atomic mass is 15.2. The minimum Gasteiger partial charge on any atom is -0.311 e. The van der Waals surface area contributed by atoms with E-state index in [4.69, 9.17) is 0 Å². The van der Waals surface area contributed by atoms with Crippen molar-refractivity contribution in [2.75, 3.05) is 9.80 Å². The van der Waals surface area contributed by atoms with Crippen LogP contribution in [0.2, 0.25) is 0 Å². The largest absolute Gasteiger partial charge is 0.311 e. The summed E-state index contributed by atoms with van der Waals surface area (Å²) in [6.07, 6.45) is 0. The lowest BCUT2D eigenvalue weighted by molar-refractivity contribution is 0.768. The highest BCUT2D eigenvalue weighted by Crippen LogP contribution is 2.67. The van der Waals surface area contributed by atoms with Gasteiger partial charge in [-0.1, -0.05) is 437 Å². The average molecular weight is 1860 g/mol. The third kappa shape index (κ3) is 10.9. The molecule has 2 aliphatic heterocycles. The summed E-state index contributed by atoms with van der Waals surface area (Å²) >= 11 is 0. The summed E-state index contributed by atoms with van der Waals surface area (Å²) in [4.78, 5) is 4.77. The molecule has 5 aliphatic carbocycles. The zero-order valence-corrected chi connectivity index (χ0v) is 78.5. The molecule has 0 atom stereocenters. The lowest BCUT2D eigenvalue weighted by atomic mass is 9.33. The van der Waals surface area contributed by atoms with Crippen LogP contribution in [0.5, 0.6) is 0 Å². The number of rotatable bonds is 11. The van der Waals surface area contributed by atoms with Gasteiger partial charge in [0.05, 0.1) is 68.9 Å². The molecular formula is C141H87BN4. The van der Waals surface area contributed by atoms with Crippen LogP contribution in [0.1, 0.15) is 86.0 Å². The zero-order valence-electron chi connectivity index (χ0n) is 92.5. The molecule has 2 aromatic heterocycles. The van der Waals surface area contributed by atoms with Crippen molar-refractivity contribution in [3.8, 4) is 123 Å². The standard InChI is InChI=1S/C141H87BN4/c1-5-35-88(36-6-1)91-65-72-111-109-52-22-33-63-130(109)143(132(111)82-91)98-70-77-126-134(86-98)145(128-61-31-20-43-100(128)93-68-75-124-114(80-93)107-50-18-29-59-121(107)140(124)117-55-25-13-45-102(117)103-46-14-26-56-118(103)140)136-84-95(90-67-74-123-113(79-90)106-49-17-24-54-116(106)139(123,96-39-9-3-10-40-96)97-41-11-4-12-42-97)85-137-138(136)142(126)127-78-71-99(144-131-64-34-23-53-110(131)112-73-66-92(83-133(112)144)89-37-7-2-8-38-89)87-135(127)146(137)129-62-32-21-44-101(129)94-69-76-125-115(81-94)108-51-19-30-60-122(108)141(125)119-57-27-15-47-104(119)105-48-16-28-58-120(105)141/h1-87H/i22D,23D,33D,34D,52D,53D,63D,64D,65D,66D,72D,73D,82D,83D. The Balaban J connectivity index is 0.725. The normalized spacial score (nSPS) is 15.4. The Bertz CT molecular complexity index is 10200. The van der Waals surface area contributed by atoms with E-state index in [2.05, 4.69) is 380 Å². The lowest BCUT2D eigenvalue weighted by Gasteiger charge is -2.45. The summed E-state index contributed by atoms with van der Waals surface area (Å²) in [6.45, 7) is -0.812. The molecule has 0 saturated heterocycles. The van der Waals surface area contributed by atoms with E-state index in [0.717, 1.165) is 139 Å². The van der Waals surface area contributed by atoms with Crippen LogP contribution in [0, 0.1) is 0 Å². The van der Waals surface area contributed by atoms with Crippen LogP contribution in [0.4, 0.5) is 34.1 Å². The Hall–Kier alpha value is -18.7. The fourth-order valence-corrected chi connectivity index (χ4v) is 27.0. The minimum atomic E-state index is -0.812. The Morgan fingerprint density at radius 3 is 0.877 bits per heavy atom. The second kappa shape index (κ2) is 30.7. The molecular weight excluding hydrogens is 1760 g/mol. The molecule has 2 spiro atoms. The van der Waals surface area contributed by atoms with Crippen molar-refractivity contribution in [3.63, 3.8) is 0 Å².